The van der Waals surface area contributed by atoms with Crippen LogP contribution in [0.5, 0.6) is 0 Å². The third-order valence-corrected chi connectivity index (χ3v) is 4.27. The van der Waals surface area contributed by atoms with Gasteiger partial charge in [0.2, 0.25) is 0 Å². The molecule has 3 unspecified atom stereocenters. The van der Waals surface area contributed by atoms with Crippen LogP contribution in [0.15, 0.2) is 0 Å². The van der Waals surface area contributed by atoms with Gasteiger partial charge in [0.05, 0.1) is 17.8 Å². The maximum absolute atomic E-state index is 9.74. The summed E-state index contributed by atoms with van der Waals surface area (Å²) in [4.78, 5) is 0. The zero-order chi connectivity index (χ0) is 12.4. The van der Waals surface area contributed by atoms with Crippen molar-refractivity contribution < 1.29 is 14.6 Å². The van der Waals surface area contributed by atoms with E-state index < -0.39 is 0 Å². The Morgan fingerprint density at radius 1 is 1.44 bits per heavy atom. The normalized spacial score (nSPS) is 34.9. The molecule has 1 N–H and O–H groups in total. The van der Waals surface area contributed by atoms with Gasteiger partial charge in [-0.1, -0.05) is 13.8 Å². The molecule has 0 aromatic rings. The molecule has 1 saturated carbocycles. The molecule has 1 aliphatic rings. The summed E-state index contributed by atoms with van der Waals surface area (Å²) < 4.78 is 11.2. The average molecular weight is 230 g/mol. The number of aliphatic hydroxyl groups excluding tert-OH is 1. The molecule has 0 spiro atoms. The summed E-state index contributed by atoms with van der Waals surface area (Å²) in [5, 5.41) is 9.74. The van der Waals surface area contributed by atoms with E-state index in [4.69, 9.17) is 9.47 Å². The van der Waals surface area contributed by atoms with Crippen molar-refractivity contribution in [1.82, 2.24) is 0 Å². The standard InChI is InChI=1S/C13H26O3/c1-6-13(4)10(14)9-11(13)16-8-7-12(2,3)15-5/h10-11,14H,6-9H2,1-5H3. The highest BCUT2D eigenvalue weighted by molar-refractivity contribution is 5.00. The van der Waals surface area contributed by atoms with Crippen LogP contribution in [0, 0.1) is 5.41 Å². The number of hydrogen-bond donors (Lipinski definition) is 1. The predicted molar refractivity (Wildman–Crippen MR) is 64.5 cm³/mol. The first kappa shape index (κ1) is 13.9. The molecule has 0 aromatic carbocycles. The van der Waals surface area contributed by atoms with Gasteiger partial charge in [-0.2, -0.15) is 0 Å². The smallest absolute Gasteiger partial charge is 0.0678 e. The highest BCUT2D eigenvalue weighted by Crippen LogP contribution is 2.45. The Labute approximate surface area is 99.1 Å². The Morgan fingerprint density at radius 3 is 2.50 bits per heavy atom. The molecule has 0 aromatic heterocycles. The van der Waals surface area contributed by atoms with Crippen molar-refractivity contribution in [3.05, 3.63) is 0 Å². The Balaban J connectivity index is 2.30. The molecule has 0 aliphatic heterocycles. The first-order chi connectivity index (χ1) is 7.35. The van der Waals surface area contributed by atoms with Crippen LogP contribution in [0.2, 0.25) is 0 Å². The molecule has 1 rings (SSSR count). The molecular weight excluding hydrogens is 204 g/mol. The van der Waals surface area contributed by atoms with Crippen LogP contribution in [-0.4, -0.2) is 36.6 Å². The van der Waals surface area contributed by atoms with Crippen molar-refractivity contribution in [2.75, 3.05) is 13.7 Å². The maximum Gasteiger partial charge on any atom is 0.0678 e. The number of aliphatic hydroxyl groups is 1. The zero-order valence-electron chi connectivity index (χ0n) is 11.2. The molecule has 16 heavy (non-hydrogen) atoms. The molecule has 0 amide bonds. The minimum Gasteiger partial charge on any atom is -0.392 e. The maximum atomic E-state index is 9.74. The summed E-state index contributed by atoms with van der Waals surface area (Å²) in [7, 11) is 1.73. The molecule has 3 heteroatoms. The van der Waals surface area contributed by atoms with E-state index in [9.17, 15) is 5.11 Å². The predicted octanol–water partition coefficient (Wildman–Crippen LogP) is 2.37. The number of rotatable bonds is 6. The van der Waals surface area contributed by atoms with Gasteiger partial charge in [-0.3, -0.25) is 0 Å². The van der Waals surface area contributed by atoms with E-state index in [1.165, 1.54) is 0 Å². The van der Waals surface area contributed by atoms with Gasteiger partial charge in [-0.05, 0) is 26.7 Å². The fourth-order valence-electron chi connectivity index (χ4n) is 2.07. The molecule has 1 fully saturated rings. The van der Waals surface area contributed by atoms with Crippen LogP contribution in [0.1, 0.15) is 47.0 Å². The van der Waals surface area contributed by atoms with Crippen molar-refractivity contribution >= 4 is 0 Å². The van der Waals surface area contributed by atoms with E-state index >= 15 is 0 Å². The number of ether oxygens (including phenoxy) is 2. The molecule has 0 saturated heterocycles. The molecule has 0 bridgehead atoms. The summed E-state index contributed by atoms with van der Waals surface area (Å²) in [6.07, 6.45) is 2.64. The first-order valence-corrected chi connectivity index (χ1v) is 6.20. The van der Waals surface area contributed by atoms with Crippen LogP contribution >= 0.6 is 0 Å². The van der Waals surface area contributed by atoms with E-state index in [0.717, 1.165) is 19.3 Å². The molecule has 1 aliphatic carbocycles. The SMILES string of the molecule is CCC1(C)C(O)CC1OCCC(C)(C)OC. The summed E-state index contributed by atoms with van der Waals surface area (Å²) in [6, 6.07) is 0. The van der Waals surface area contributed by atoms with Gasteiger partial charge >= 0.3 is 0 Å². The van der Waals surface area contributed by atoms with Gasteiger partial charge in [0, 0.05) is 25.6 Å². The summed E-state index contributed by atoms with van der Waals surface area (Å²) in [5.74, 6) is 0. The van der Waals surface area contributed by atoms with Crippen LogP contribution in [-0.2, 0) is 9.47 Å². The Hall–Kier alpha value is -0.120. The number of hydrogen-bond acceptors (Lipinski definition) is 3. The monoisotopic (exact) mass is 230 g/mol. The quantitative estimate of drug-likeness (QED) is 0.761. The van der Waals surface area contributed by atoms with E-state index in [1.807, 2.05) is 0 Å². The summed E-state index contributed by atoms with van der Waals surface area (Å²) in [5.41, 5.74) is -0.164. The van der Waals surface area contributed by atoms with E-state index in [1.54, 1.807) is 7.11 Å². The first-order valence-electron chi connectivity index (χ1n) is 6.20. The van der Waals surface area contributed by atoms with Crippen LogP contribution < -0.4 is 0 Å². The summed E-state index contributed by atoms with van der Waals surface area (Å²) in [6.45, 7) is 9.04. The van der Waals surface area contributed by atoms with E-state index in [-0.39, 0.29) is 23.2 Å². The van der Waals surface area contributed by atoms with Crippen molar-refractivity contribution in [3.8, 4) is 0 Å². The van der Waals surface area contributed by atoms with Crippen LogP contribution in [0.25, 0.3) is 0 Å². The fourth-order valence-corrected chi connectivity index (χ4v) is 2.07. The number of methoxy groups -OCH3 is 1. The Kier molecular flexibility index (Phi) is 4.38. The highest BCUT2D eigenvalue weighted by Gasteiger charge is 2.50. The van der Waals surface area contributed by atoms with E-state index in [0.29, 0.717) is 6.61 Å². The van der Waals surface area contributed by atoms with Crippen molar-refractivity contribution in [2.24, 2.45) is 5.41 Å². The lowest BCUT2D eigenvalue weighted by Crippen LogP contribution is -2.56. The van der Waals surface area contributed by atoms with Gasteiger partial charge in [0.25, 0.3) is 0 Å². The minimum atomic E-state index is -0.196. The Morgan fingerprint density at radius 2 is 2.06 bits per heavy atom. The third kappa shape index (κ3) is 2.76. The molecule has 3 nitrogen and oxygen atoms in total. The molecular formula is C13H26O3. The molecule has 0 heterocycles. The van der Waals surface area contributed by atoms with Crippen molar-refractivity contribution in [1.29, 1.82) is 0 Å². The molecule has 0 radical (unpaired) electrons. The fraction of sp³-hybridized carbons (Fsp3) is 1.00. The Bertz CT molecular complexity index is 227. The lowest BCUT2D eigenvalue weighted by atomic mass is 9.63. The van der Waals surface area contributed by atoms with Crippen molar-refractivity contribution in [3.63, 3.8) is 0 Å². The summed E-state index contributed by atoms with van der Waals surface area (Å²) >= 11 is 0. The molecule has 96 valence electrons. The second-order valence-electron chi connectivity index (χ2n) is 5.68. The van der Waals surface area contributed by atoms with Gasteiger partial charge < -0.3 is 14.6 Å². The van der Waals surface area contributed by atoms with Gasteiger partial charge in [0.1, 0.15) is 0 Å². The second-order valence-corrected chi connectivity index (χ2v) is 5.68. The van der Waals surface area contributed by atoms with Crippen LogP contribution in [0.4, 0.5) is 0 Å². The zero-order valence-corrected chi connectivity index (χ0v) is 11.2. The highest BCUT2D eigenvalue weighted by atomic mass is 16.5. The van der Waals surface area contributed by atoms with E-state index in [2.05, 4.69) is 27.7 Å². The van der Waals surface area contributed by atoms with Gasteiger partial charge in [0.15, 0.2) is 0 Å². The topological polar surface area (TPSA) is 38.7 Å². The van der Waals surface area contributed by atoms with Gasteiger partial charge in [-0.15, -0.1) is 0 Å². The average Bonchev–Trinajstić information content (AvgIpc) is 2.26. The second kappa shape index (κ2) is 5.03. The van der Waals surface area contributed by atoms with Gasteiger partial charge in [-0.25, -0.2) is 0 Å². The van der Waals surface area contributed by atoms with Crippen LogP contribution in [0.3, 0.4) is 0 Å². The third-order valence-electron chi connectivity index (χ3n) is 4.27. The molecule has 3 atom stereocenters. The largest absolute Gasteiger partial charge is 0.392 e. The lowest BCUT2D eigenvalue weighted by molar-refractivity contribution is -0.189. The van der Waals surface area contributed by atoms with Crippen molar-refractivity contribution in [2.45, 2.75) is 64.8 Å². The minimum absolute atomic E-state index is 0.0444. The lowest BCUT2D eigenvalue weighted by Gasteiger charge is -2.50.